The van der Waals surface area contributed by atoms with Gasteiger partial charge in [-0.3, -0.25) is 4.79 Å². The molecule has 1 atom stereocenters. The van der Waals surface area contributed by atoms with Crippen LogP contribution in [-0.2, 0) is 14.3 Å². The molecule has 0 aliphatic carbocycles. The van der Waals surface area contributed by atoms with Gasteiger partial charge in [0.2, 0.25) is 5.91 Å². The van der Waals surface area contributed by atoms with Crippen LogP contribution in [0.2, 0.25) is 0 Å². The van der Waals surface area contributed by atoms with Crippen LogP contribution < -0.4 is 10.6 Å². The standard InChI is InChI=1S/C19H36N2O3S2.2H2/c1-6-9-20-11-14-25-26-19(17(4)5)24-13-12-23-15-18(22)21-10-7-8-16(2)3;;/h16-17,19-20H,6,9-15H2,1-5H3,(H,21,22);2*1H. The summed E-state index contributed by atoms with van der Waals surface area (Å²) in [6, 6.07) is 0. The number of carbonyl (C=O) groups excluding carboxylic acids is 1. The molecule has 0 bridgehead atoms. The molecule has 0 aromatic carbocycles. The maximum absolute atomic E-state index is 11.6. The molecular weight excluding hydrogens is 368 g/mol. The Balaban J connectivity index is -0.00000312. The lowest BCUT2D eigenvalue weighted by Gasteiger charge is -2.20. The molecule has 1 amide bonds. The van der Waals surface area contributed by atoms with Crippen LogP contribution in [0.25, 0.3) is 0 Å². The normalized spacial score (nSPS) is 12.1. The average molecular weight is 409 g/mol. The van der Waals surface area contributed by atoms with Crippen molar-refractivity contribution in [2.24, 2.45) is 11.8 Å². The fraction of sp³-hybridized carbons (Fsp3) is 0.842. The zero-order valence-corrected chi connectivity index (χ0v) is 18.6. The van der Waals surface area contributed by atoms with Gasteiger partial charge >= 0.3 is 0 Å². The smallest absolute Gasteiger partial charge is 0.246 e. The molecule has 156 valence electrons. The molecule has 7 heteroatoms. The van der Waals surface area contributed by atoms with E-state index in [0.717, 1.165) is 18.8 Å². The topological polar surface area (TPSA) is 59.6 Å². The van der Waals surface area contributed by atoms with Crippen LogP contribution in [0.5, 0.6) is 0 Å². The third kappa shape index (κ3) is 17.0. The first-order valence-electron chi connectivity index (χ1n) is 9.40. The fourth-order valence-corrected chi connectivity index (χ4v) is 4.31. The quantitative estimate of drug-likeness (QED) is 0.187. The molecule has 0 fully saturated rings. The Bertz CT molecular complexity index is 420. The highest BCUT2D eigenvalue weighted by molar-refractivity contribution is 8.76. The van der Waals surface area contributed by atoms with Gasteiger partial charge in [-0.05, 0) is 18.9 Å². The Morgan fingerprint density at radius 1 is 1.19 bits per heavy atom. The molecule has 26 heavy (non-hydrogen) atoms. The Kier molecular flexibility index (Phi) is 17.7. The lowest BCUT2D eigenvalue weighted by Crippen LogP contribution is -2.28. The summed E-state index contributed by atoms with van der Waals surface area (Å²) < 4.78 is 11.2. The summed E-state index contributed by atoms with van der Waals surface area (Å²) in [6.45, 7) is 13.9. The minimum absolute atomic E-state index is 0. The van der Waals surface area contributed by atoms with E-state index in [1.54, 1.807) is 10.8 Å². The molecule has 0 radical (unpaired) electrons. The monoisotopic (exact) mass is 408 g/mol. The third-order valence-electron chi connectivity index (χ3n) is 3.00. The second-order valence-electron chi connectivity index (χ2n) is 6.46. The summed E-state index contributed by atoms with van der Waals surface area (Å²) in [5, 5.41) is 6.10. The van der Waals surface area contributed by atoms with Gasteiger partial charge in [0, 0.05) is 21.1 Å². The molecule has 5 nitrogen and oxygen atoms in total. The largest absolute Gasteiger partial charge is 0.369 e. The Morgan fingerprint density at radius 3 is 2.62 bits per heavy atom. The van der Waals surface area contributed by atoms with Crippen LogP contribution in [0.15, 0.2) is 0 Å². The summed E-state index contributed by atoms with van der Waals surface area (Å²) in [6.07, 6.45) is 1.17. The van der Waals surface area contributed by atoms with Crippen molar-refractivity contribution in [1.29, 1.82) is 0 Å². The van der Waals surface area contributed by atoms with Crippen LogP contribution in [0.4, 0.5) is 0 Å². The van der Waals surface area contributed by atoms with Crippen LogP contribution in [0.3, 0.4) is 0 Å². The van der Waals surface area contributed by atoms with Crippen molar-refractivity contribution in [2.45, 2.75) is 46.5 Å². The average Bonchev–Trinajstić information content (AvgIpc) is 2.59. The summed E-state index contributed by atoms with van der Waals surface area (Å²) in [5.74, 6) is 7.57. The number of rotatable bonds is 15. The maximum Gasteiger partial charge on any atom is 0.246 e. The second kappa shape index (κ2) is 18.0. The first-order chi connectivity index (χ1) is 12.5. The van der Waals surface area contributed by atoms with E-state index in [4.69, 9.17) is 9.47 Å². The summed E-state index contributed by atoms with van der Waals surface area (Å²) >= 11 is 0. The third-order valence-corrected chi connectivity index (χ3v) is 5.86. The predicted octanol–water partition coefficient (Wildman–Crippen LogP) is 3.65. The van der Waals surface area contributed by atoms with E-state index in [2.05, 4.69) is 43.2 Å². The summed E-state index contributed by atoms with van der Waals surface area (Å²) in [4.78, 5) is 11.6. The molecular formula is C19H40N2O3S2. The number of hydrogen-bond donors (Lipinski definition) is 2. The molecule has 0 aromatic rings. The van der Waals surface area contributed by atoms with Gasteiger partial charge in [-0.25, -0.2) is 0 Å². The zero-order valence-electron chi connectivity index (χ0n) is 16.9. The van der Waals surface area contributed by atoms with Crippen molar-refractivity contribution in [1.82, 2.24) is 10.6 Å². The van der Waals surface area contributed by atoms with Crippen molar-refractivity contribution < 1.29 is 17.1 Å². The van der Waals surface area contributed by atoms with E-state index in [-0.39, 0.29) is 20.8 Å². The molecule has 0 spiro atoms. The molecule has 2 N–H and O–H groups in total. The number of hydrogen-bond acceptors (Lipinski definition) is 6. The van der Waals surface area contributed by atoms with E-state index < -0.39 is 0 Å². The van der Waals surface area contributed by atoms with Gasteiger partial charge in [0.05, 0.1) is 19.8 Å². The first kappa shape index (κ1) is 25.6. The van der Waals surface area contributed by atoms with Crippen LogP contribution in [0, 0.1) is 23.7 Å². The molecule has 0 saturated carbocycles. The summed E-state index contributed by atoms with van der Waals surface area (Å²) in [5.41, 5.74) is 0.134. The molecule has 0 saturated heterocycles. The number of amides is 1. The first-order valence-corrected chi connectivity index (χ1v) is 11.8. The van der Waals surface area contributed by atoms with Gasteiger partial charge in [-0.15, -0.1) is 0 Å². The van der Waals surface area contributed by atoms with Gasteiger partial charge < -0.3 is 20.1 Å². The van der Waals surface area contributed by atoms with Crippen LogP contribution in [-0.4, -0.2) is 56.6 Å². The van der Waals surface area contributed by atoms with E-state index in [1.165, 1.54) is 6.42 Å². The minimum Gasteiger partial charge on any atom is -0.369 e. The highest BCUT2D eigenvalue weighted by Crippen LogP contribution is 2.31. The molecule has 0 aromatic heterocycles. The van der Waals surface area contributed by atoms with Gasteiger partial charge in [0.1, 0.15) is 12.0 Å². The Labute approximate surface area is 170 Å². The summed E-state index contributed by atoms with van der Waals surface area (Å²) in [7, 11) is 3.61. The van der Waals surface area contributed by atoms with Crippen molar-refractivity contribution in [2.75, 3.05) is 45.2 Å². The van der Waals surface area contributed by atoms with Crippen molar-refractivity contribution in [3.8, 4) is 11.8 Å². The molecule has 1 unspecified atom stereocenters. The van der Waals surface area contributed by atoms with E-state index in [1.807, 2.05) is 24.6 Å². The van der Waals surface area contributed by atoms with E-state index >= 15 is 0 Å². The van der Waals surface area contributed by atoms with Crippen molar-refractivity contribution in [3.05, 3.63) is 0 Å². The Morgan fingerprint density at radius 2 is 1.96 bits per heavy atom. The zero-order chi connectivity index (χ0) is 19.6. The highest BCUT2D eigenvalue weighted by Gasteiger charge is 2.14. The molecule has 0 aliphatic rings. The number of nitrogens with one attached hydrogen (secondary N) is 2. The lowest BCUT2D eigenvalue weighted by molar-refractivity contribution is -0.126. The van der Waals surface area contributed by atoms with E-state index in [9.17, 15) is 4.79 Å². The van der Waals surface area contributed by atoms with Gasteiger partial charge in [-0.2, -0.15) is 0 Å². The molecule has 0 heterocycles. The molecule has 0 aliphatic heterocycles. The van der Waals surface area contributed by atoms with Crippen molar-refractivity contribution >= 4 is 27.5 Å². The van der Waals surface area contributed by atoms with Crippen LogP contribution >= 0.6 is 21.6 Å². The predicted molar refractivity (Wildman–Crippen MR) is 118 cm³/mol. The van der Waals surface area contributed by atoms with Gasteiger partial charge in [-0.1, -0.05) is 68.0 Å². The fourth-order valence-electron chi connectivity index (χ4n) is 1.70. The number of ether oxygens (including phenoxy) is 2. The van der Waals surface area contributed by atoms with Gasteiger partial charge in [0.15, 0.2) is 0 Å². The van der Waals surface area contributed by atoms with Crippen LogP contribution in [0.1, 0.15) is 43.9 Å². The second-order valence-corrected chi connectivity index (χ2v) is 9.04. The Hall–Kier alpha value is -0.390. The van der Waals surface area contributed by atoms with Crippen molar-refractivity contribution in [3.63, 3.8) is 0 Å². The van der Waals surface area contributed by atoms with E-state index in [0.29, 0.717) is 31.6 Å². The van der Waals surface area contributed by atoms with Gasteiger partial charge in [0.25, 0.3) is 0 Å². The molecule has 0 rings (SSSR count). The highest BCUT2D eigenvalue weighted by atomic mass is 33.1. The minimum atomic E-state index is -0.145. The lowest BCUT2D eigenvalue weighted by atomic mass is 10.2. The maximum atomic E-state index is 11.6. The number of carbonyl (C=O) groups is 1. The SMILES string of the molecule is CCCNCCSSC(OCCOCC(=O)NCC#CC(C)C)C(C)C.[HH].[HH].